The second kappa shape index (κ2) is 6.44. The summed E-state index contributed by atoms with van der Waals surface area (Å²) in [6, 6.07) is 13.5. The molecule has 5 heteroatoms. The maximum Gasteiger partial charge on any atom is 0.127 e. The van der Waals surface area contributed by atoms with E-state index in [0.29, 0.717) is 12.2 Å². The Bertz CT molecular complexity index is 834. The van der Waals surface area contributed by atoms with E-state index in [1.165, 1.54) is 0 Å². The summed E-state index contributed by atoms with van der Waals surface area (Å²) in [5.41, 5.74) is 9.73. The van der Waals surface area contributed by atoms with Crippen LogP contribution < -0.4 is 20.5 Å². The lowest BCUT2D eigenvalue weighted by molar-refractivity contribution is 0.391. The lowest BCUT2D eigenvalue weighted by Crippen LogP contribution is -2.04. The number of hydrogen-bond donors (Lipinski definition) is 2. The second-order valence-electron chi connectivity index (χ2n) is 5.13. The number of ether oxygens (including phenoxy) is 2. The lowest BCUT2D eigenvalue weighted by Gasteiger charge is -2.14. The molecule has 0 aliphatic rings. The van der Waals surface area contributed by atoms with E-state index < -0.39 is 0 Å². The minimum absolute atomic E-state index is 0.600. The molecule has 3 rings (SSSR count). The summed E-state index contributed by atoms with van der Waals surface area (Å²) in [6.45, 7) is 0.600. The van der Waals surface area contributed by atoms with Crippen molar-refractivity contribution < 1.29 is 9.47 Å². The summed E-state index contributed by atoms with van der Waals surface area (Å²) in [4.78, 5) is 4.31. The van der Waals surface area contributed by atoms with Gasteiger partial charge >= 0.3 is 0 Å². The molecule has 3 N–H and O–H groups in total. The summed E-state index contributed by atoms with van der Waals surface area (Å²) in [6.07, 6.45) is 1.76. The Balaban J connectivity index is 1.85. The van der Waals surface area contributed by atoms with E-state index in [1.807, 2.05) is 42.5 Å². The lowest BCUT2D eigenvalue weighted by atomic mass is 10.1. The Morgan fingerprint density at radius 3 is 2.74 bits per heavy atom. The van der Waals surface area contributed by atoms with Gasteiger partial charge in [-0.25, -0.2) is 0 Å². The third kappa shape index (κ3) is 2.99. The van der Waals surface area contributed by atoms with Gasteiger partial charge in [0.1, 0.15) is 11.5 Å². The van der Waals surface area contributed by atoms with Gasteiger partial charge < -0.3 is 20.5 Å². The molecule has 0 spiro atoms. The number of benzene rings is 2. The zero-order valence-electron chi connectivity index (χ0n) is 13.2. The fourth-order valence-corrected chi connectivity index (χ4v) is 2.52. The van der Waals surface area contributed by atoms with Gasteiger partial charge in [-0.2, -0.15) is 0 Å². The maximum atomic E-state index is 6.25. The normalized spacial score (nSPS) is 10.5. The van der Waals surface area contributed by atoms with Crippen LogP contribution in [0.3, 0.4) is 0 Å². The summed E-state index contributed by atoms with van der Waals surface area (Å²) in [7, 11) is 3.28. The van der Waals surface area contributed by atoms with Gasteiger partial charge in [0.25, 0.3) is 0 Å². The van der Waals surface area contributed by atoms with Crippen LogP contribution in [0.1, 0.15) is 5.56 Å². The van der Waals surface area contributed by atoms with E-state index in [-0.39, 0.29) is 0 Å². The van der Waals surface area contributed by atoms with Gasteiger partial charge in [0.05, 0.1) is 31.1 Å². The SMILES string of the molecule is COc1ccc(CNc2ccc3ncccc3c2N)c(OC)c1. The fourth-order valence-electron chi connectivity index (χ4n) is 2.52. The number of anilines is 2. The summed E-state index contributed by atoms with van der Waals surface area (Å²) >= 11 is 0. The third-order valence-corrected chi connectivity index (χ3v) is 3.79. The van der Waals surface area contributed by atoms with Crippen molar-refractivity contribution in [2.24, 2.45) is 0 Å². The average Bonchev–Trinajstić information content (AvgIpc) is 2.61. The van der Waals surface area contributed by atoms with E-state index in [0.717, 1.165) is 33.7 Å². The highest BCUT2D eigenvalue weighted by molar-refractivity contribution is 5.96. The minimum Gasteiger partial charge on any atom is -0.497 e. The molecular weight excluding hydrogens is 290 g/mol. The highest BCUT2D eigenvalue weighted by Gasteiger charge is 2.08. The average molecular weight is 309 g/mol. The molecule has 0 aliphatic heterocycles. The molecule has 0 atom stereocenters. The topological polar surface area (TPSA) is 69.4 Å². The van der Waals surface area contributed by atoms with Crippen molar-refractivity contribution >= 4 is 22.3 Å². The molecule has 5 nitrogen and oxygen atoms in total. The van der Waals surface area contributed by atoms with Gasteiger partial charge in [-0.05, 0) is 36.4 Å². The highest BCUT2D eigenvalue weighted by Crippen LogP contribution is 2.29. The maximum absolute atomic E-state index is 6.25. The van der Waals surface area contributed by atoms with E-state index in [2.05, 4.69) is 10.3 Å². The number of pyridine rings is 1. The van der Waals surface area contributed by atoms with Crippen LogP contribution in [0.15, 0.2) is 48.7 Å². The van der Waals surface area contributed by atoms with Crippen molar-refractivity contribution in [3.63, 3.8) is 0 Å². The van der Waals surface area contributed by atoms with Crippen LogP contribution in [0.25, 0.3) is 10.9 Å². The van der Waals surface area contributed by atoms with Crippen molar-refractivity contribution in [2.45, 2.75) is 6.54 Å². The zero-order valence-corrected chi connectivity index (χ0v) is 13.2. The molecule has 1 heterocycles. The van der Waals surface area contributed by atoms with Crippen LogP contribution in [0.4, 0.5) is 11.4 Å². The number of nitrogen functional groups attached to an aromatic ring is 1. The smallest absolute Gasteiger partial charge is 0.127 e. The molecule has 0 saturated heterocycles. The van der Waals surface area contributed by atoms with E-state index in [1.54, 1.807) is 20.4 Å². The summed E-state index contributed by atoms with van der Waals surface area (Å²) < 4.78 is 10.6. The highest BCUT2D eigenvalue weighted by atomic mass is 16.5. The van der Waals surface area contributed by atoms with Crippen LogP contribution in [0, 0.1) is 0 Å². The van der Waals surface area contributed by atoms with Gasteiger partial charge in [0, 0.05) is 29.8 Å². The number of nitrogens with two attached hydrogens (primary N) is 1. The van der Waals surface area contributed by atoms with Crippen molar-refractivity contribution in [3.05, 3.63) is 54.2 Å². The first-order valence-electron chi connectivity index (χ1n) is 7.31. The summed E-state index contributed by atoms with van der Waals surface area (Å²) in [5, 5.41) is 4.30. The Labute approximate surface area is 135 Å². The number of nitrogens with zero attached hydrogens (tertiary/aromatic N) is 1. The minimum atomic E-state index is 0.600. The van der Waals surface area contributed by atoms with Crippen LogP contribution in [-0.2, 0) is 6.54 Å². The predicted molar refractivity (Wildman–Crippen MR) is 93.0 cm³/mol. The Hall–Kier alpha value is -2.95. The zero-order chi connectivity index (χ0) is 16.2. The van der Waals surface area contributed by atoms with Crippen molar-refractivity contribution in [1.29, 1.82) is 0 Å². The van der Waals surface area contributed by atoms with Crippen molar-refractivity contribution in [1.82, 2.24) is 4.98 Å². The first-order chi connectivity index (χ1) is 11.2. The molecule has 1 aromatic heterocycles. The molecule has 0 aliphatic carbocycles. The third-order valence-electron chi connectivity index (χ3n) is 3.79. The van der Waals surface area contributed by atoms with Crippen LogP contribution in [0.5, 0.6) is 11.5 Å². The Morgan fingerprint density at radius 2 is 1.96 bits per heavy atom. The molecule has 23 heavy (non-hydrogen) atoms. The molecule has 3 aromatic rings. The fraction of sp³-hybridized carbons (Fsp3) is 0.167. The van der Waals surface area contributed by atoms with E-state index in [4.69, 9.17) is 15.2 Å². The molecule has 0 fully saturated rings. The molecule has 0 bridgehead atoms. The first-order valence-corrected chi connectivity index (χ1v) is 7.31. The molecule has 118 valence electrons. The number of methoxy groups -OCH3 is 2. The first kappa shape index (κ1) is 15.0. The molecular formula is C18H19N3O2. The quantitative estimate of drug-likeness (QED) is 0.707. The Morgan fingerprint density at radius 1 is 1.09 bits per heavy atom. The van der Waals surface area contributed by atoms with E-state index >= 15 is 0 Å². The molecule has 0 amide bonds. The summed E-state index contributed by atoms with van der Waals surface area (Å²) in [5.74, 6) is 1.54. The van der Waals surface area contributed by atoms with Gasteiger partial charge in [-0.15, -0.1) is 0 Å². The molecule has 0 unspecified atom stereocenters. The van der Waals surface area contributed by atoms with E-state index in [9.17, 15) is 0 Å². The molecule has 2 aromatic carbocycles. The largest absolute Gasteiger partial charge is 0.497 e. The van der Waals surface area contributed by atoms with Gasteiger partial charge in [0.2, 0.25) is 0 Å². The predicted octanol–water partition coefficient (Wildman–Crippen LogP) is 3.45. The van der Waals surface area contributed by atoms with Crippen molar-refractivity contribution in [3.8, 4) is 11.5 Å². The van der Waals surface area contributed by atoms with Crippen LogP contribution >= 0.6 is 0 Å². The molecule has 0 radical (unpaired) electrons. The van der Waals surface area contributed by atoms with Crippen molar-refractivity contribution in [2.75, 3.05) is 25.3 Å². The van der Waals surface area contributed by atoms with Gasteiger partial charge in [0.15, 0.2) is 0 Å². The number of rotatable bonds is 5. The number of aromatic nitrogens is 1. The number of nitrogens with one attached hydrogen (secondary N) is 1. The van der Waals surface area contributed by atoms with Crippen LogP contribution in [-0.4, -0.2) is 19.2 Å². The number of hydrogen-bond acceptors (Lipinski definition) is 5. The number of fused-ring (bicyclic) bond motifs is 1. The van der Waals surface area contributed by atoms with Crippen LogP contribution in [0.2, 0.25) is 0 Å². The Kier molecular flexibility index (Phi) is 4.19. The van der Waals surface area contributed by atoms with Gasteiger partial charge in [-0.3, -0.25) is 4.98 Å². The monoisotopic (exact) mass is 309 g/mol. The molecule has 0 saturated carbocycles. The van der Waals surface area contributed by atoms with Gasteiger partial charge in [-0.1, -0.05) is 0 Å². The second-order valence-corrected chi connectivity index (χ2v) is 5.13. The standard InChI is InChI=1S/C18H19N3O2/c1-22-13-6-5-12(17(10-13)23-2)11-21-16-8-7-15-14(18(16)19)4-3-9-20-15/h3-10,21H,11,19H2,1-2H3.